The van der Waals surface area contributed by atoms with E-state index in [1.165, 1.54) is 18.4 Å². The van der Waals surface area contributed by atoms with E-state index in [9.17, 15) is 9.59 Å². The molecule has 0 bridgehead atoms. The van der Waals surface area contributed by atoms with Crippen LogP contribution in [0.15, 0.2) is 70.1 Å². The number of hydrogen-bond acceptors (Lipinski definition) is 5. The van der Waals surface area contributed by atoms with Gasteiger partial charge in [0.1, 0.15) is 17.7 Å². The Kier molecular flexibility index (Phi) is 5.53. The van der Waals surface area contributed by atoms with Crippen LogP contribution in [0.5, 0.6) is 0 Å². The minimum Gasteiger partial charge on any atom is -0.463 e. The van der Waals surface area contributed by atoms with Crippen LogP contribution in [0, 0.1) is 27.7 Å². The number of hydrogen-bond donors (Lipinski definition) is 1. The third-order valence-electron chi connectivity index (χ3n) is 5.90. The van der Waals surface area contributed by atoms with Crippen molar-refractivity contribution in [3.63, 3.8) is 0 Å². The molecule has 0 atom stereocenters. The lowest BCUT2D eigenvalue weighted by Gasteiger charge is -2.11. The Balaban J connectivity index is 1.45. The summed E-state index contributed by atoms with van der Waals surface area (Å²) in [5.74, 6) is 0.698. The molecule has 35 heavy (non-hydrogen) atoms. The number of fused-ring (bicyclic) bond motifs is 2. The number of anilines is 1. The zero-order chi connectivity index (χ0) is 24.7. The van der Waals surface area contributed by atoms with Crippen LogP contribution >= 0.6 is 0 Å². The zero-order valence-electron chi connectivity index (χ0n) is 19.9. The van der Waals surface area contributed by atoms with Crippen molar-refractivity contribution in [1.29, 1.82) is 0 Å². The van der Waals surface area contributed by atoms with Gasteiger partial charge in [0.2, 0.25) is 5.91 Å². The summed E-state index contributed by atoms with van der Waals surface area (Å²) >= 11 is 0. The number of para-hydroxylation sites is 1. The zero-order valence-corrected chi connectivity index (χ0v) is 19.9. The van der Waals surface area contributed by atoms with Crippen molar-refractivity contribution in [2.45, 2.75) is 27.7 Å². The molecule has 0 radical (unpaired) electrons. The lowest BCUT2D eigenvalue weighted by atomic mass is 10.1. The lowest BCUT2D eigenvalue weighted by Crippen LogP contribution is -2.13. The van der Waals surface area contributed by atoms with Gasteiger partial charge in [0, 0.05) is 17.5 Å². The fourth-order valence-corrected chi connectivity index (χ4v) is 4.12. The van der Waals surface area contributed by atoms with Crippen LogP contribution in [0.3, 0.4) is 0 Å². The van der Waals surface area contributed by atoms with Gasteiger partial charge in [0.25, 0.3) is 0 Å². The van der Waals surface area contributed by atoms with Gasteiger partial charge in [-0.15, -0.1) is 0 Å². The molecule has 5 aromatic rings. The van der Waals surface area contributed by atoms with Gasteiger partial charge in [-0.2, -0.15) is 9.78 Å². The summed E-state index contributed by atoms with van der Waals surface area (Å²) in [4.78, 5) is 30.3. The van der Waals surface area contributed by atoms with Gasteiger partial charge in [-0.25, -0.2) is 4.98 Å². The number of nitrogens with one attached hydrogen (secondary N) is 1. The summed E-state index contributed by atoms with van der Waals surface area (Å²) in [5, 5.41) is 8.95. The van der Waals surface area contributed by atoms with E-state index in [0.717, 1.165) is 33.3 Å². The lowest BCUT2D eigenvalue weighted by molar-refractivity contribution is -0.111. The summed E-state index contributed by atoms with van der Waals surface area (Å²) in [5.41, 5.74) is 5.34. The maximum Gasteiger partial charge on any atom is 0.249 e. The van der Waals surface area contributed by atoms with Crippen molar-refractivity contribution in [2.75, 3.05) is 5.32 Å². The minimum absolute atomic E-state index is 0.189. The molecule has 0 spiro atoms. The highest BCUT2D eigenvalue weighted by molar-refractivity contribution is 6.01. The molecule has 7 heteroatoms. The van der Waals surface area contributed by atoms with Crippen molar-refractivity contribution < 1.29 is 9.21 Å². The molecule has 3 heterocycles. The molecule has 0 aliphatic heterocycles. The van der Waals surface area contributed by atoms with Gasteiger partial charge in [-0.05, 0) is 63.1 Å². The van der Waals surface area contributed by atoms with Gasteiger partial charge in [-0.3, -0.25) is 9.59 Å². The highest BCUT2D eigenvalue weighted by Crippen LogP contribution is 2.24. The van der Waals surface area contributed by atoms with Crippen molar-refractivity contribution in [2.24, 2.45) is 0 Å². The number of carbonyl (C=O) groups is 1. The average molecular weight is 465 g/mol. The Morgan fingerprint density at radius 2 is 1.83 bits per heavy atom. The number of nitrogens with zero attached hydrogens (tertiary/aromatic N) is 3. The van der Waals surface area contributed by atoms with Crippen molar-refractivity contribution in [1.82, 2.24) is 14.8 Å². The van der Waals surface area contributed by atoms with Gasteiger partial charge in [0.15, 0.2) is 11.2 Å². The van der Waals surface area contributed by atoms with E-state index in [0.29, 0.717) is 28.2 Å². The maximum atomic E-state index is 12.8. The summed E-state index contributed by atoms with van der Waals surface area (Å²) in [7, 11) is 0. The minimum atomic E-state index is -0.399. The largest absolute Gasteiger partial charge is 0.463 e. The fraction of sp³-hybridized carbons (Fsp3) is 0.143. The number of rotatable bonds is 4. The Hall–Kier alpha value is -4.52. The van der Waals surface area contributed by atoms with E-state index in [4.69, 9.17) is 9.40 Å². The van der Waals surface area contributed by atoms with Crippen molar-refractivity contribution in [3.05, 3.63) is 99.0 Å². The monoisotopic (exact) mass is 464 g/mol. The quantitative estimate of drug-likeness (QED) is 0.359. The van der Waals surface area contributed by atoms with Gasteiger partial charge < -0.3 is 9.73 Å². The molecule has 1 N–H and O–H groups in total. The van der Waals surface area contributed by atoms with Crippen molar-refractivity contribution >= 4 is 39.7 Å². The van der Waals surface area contributed by atoms with E-state index >= 15 is 0 Å². The number of aryl methyl sites for hydroxylation is 4. The fourth-order valence-electron chi connectivity index (χ4n) is 4.12. The molecule has 0 aliphatic rings. The number of amides is 1. The van der Waals surface area contributed by atoms with E-state index in [-0.39, 0.29) is 5.43 Å². The molecule has 7 nitrogen and oxygen atoms in total. The number of aromatic nitrogens is 3. The van der Waals surface area contributed by atoms with Gasteiger partial charge in [-0.1, -0.05) is 29.8 Å². The number of benzene rings is 2. The SMILES string of the molecule is Cc1ccc2occ(/C=C/C(=O)Nc3cc(C)nn3-c3cc(C)c4cccc(C)c4n3)c(=O)c2c1. The smallest absolute Gasteiger partial charge is 0.249 e. The second-order valence-corrected chi connectivity index (χ2v) is 8.69. The summed E-state index contributed by atoms with van der Waals surface area (Å²) < 4.78 is 7.18. The highest BCUT2D eigenvalue weighted by atomic mass is 16.3. The van der Waals surface area contributed by atoms with Crippen LogP contribution in [0.4, 0.5) is 5.82 Å². The van der Waals surface area contributed by atoms with Crippen molar-refractivity contribution in [3.8, 4) is 5.82 Å². The number of carbonyl (C=O) groups excluding carboxylic acids is 1. The van der Waals surface area contributed by atoms with Crippen LogP contribution in [-0.2, 0) is 4.79 Å². The Morgan fingerprint density at radius 3 is 2.66 bits per heavy atom. The molecule has 0 saturated heterocycles. The topological polar surface area (TPSA) is 90.0 Å². The van der Waals surface area contributed by atoms with Crippen LogP contribution in [0.1, 0.15) is 27.9 Å². The van der Waals surface area contributed by atoms with Crippen LogP contribution in [0.2, 0.25) is 0 Å². The van der Waals surface area contributed by atoms with E-state index < -0.39 is 5.91 Å². The highest BCUT2D eigenvalue weighted by Gasteiger charge is 2.14. The van der Waals surface area contributed by atoms with Crippen LogP contribution in [0.25, 0.3) is 33.8 Å². The average Bonchev–Trinajstić information content (AvgIpc) is 3.19. The Morgan fingerprint density at radius 1 is 1.00 bits per heavy atom. The van der Waals surface area contributed by atoms with E-state index in [1.54, 1.807) is 22.9 Å². The first-order valence-electron chi connectivity index (χ1n) is 11.3. The molecule has 1 amide bonds. The molecule has 0 saturated carbocycles. The van der Waals surface area contributed by atoms with E-state index in [1.807, 2.05) is 58.0 Å². The molecule has 174 valence electrons. The standard InChI is InChI=1S/C28H24N4O3/c1-16-8-10-23-22(12-16)28(34)20(15-35-23)9-11-26(33)29-25-14-19(4)31-32(25)24-13-18(3)21-7-5-6-17(2)27(21)30-24/h5-15H,1-4H3,(H,29,33)/b11-9+. The molecule has 0 aliphatic carbocycles. The normalized spacial score (nSPS) is 11.5. The molecule has 0 unspecified atom stereocenters. The first kappa shape index (κ1) is 22.3. The summed E-state index contributed by atoms with van der Waals surface area (Å²) in [6.07, 6.45) is 4.13. The van der Waals surface area contributed by atoms with Gasteiger partial charge >= 0.3 is 0 Å². The summed E-state index contributed by atoms with van der Waals surface area (Å²) in [6, 6.07) is 15.2. The number of pyridine rings is 1. The Labute approximate surface area is 201 Å². The molecular formula is C28H24N4O3. The second-order valence-electron chi connectivity index (χ2n) is 8.69. The predicted molar refractivity (Wildman–Crippen MR) is 138 cm³/mol. The predicted octanol–water partition coefficient (Wildman–Crippen LogP) is 5.41. The molecule has 3 aromatic heterocycles. The first-order chi connectivity index (χ1) is 16.8. The summed E-state index contributed by atoms with van der Waals surface area (Å²) in [6.45, 7) is 7.81. The third-order valence-corrected chi connectivity index (χ3v) is 5.90. The molecule has 2 aromatic carbocycles. The van der Waals surface area contributed by atoms with Crippen LogP contribution in [-0.4, -0.2) is 20.7 Å². The van der Waals surface area contributed by atoms with Crippen LogP contribution < -0.4 is 10.7 Å². The molecule has 5 rings (SSSR count). The molecular weight excluding hydrogens is 440 g/mol. The molecule has 0 fully saturated rings. The van der Waals surface area contributed by atoms with E-state index in [2.05, 4.69) is 10.4 Å². The second kappa shape index (κ2) is 8.68. The maximum absolute atomic E-state index is 12.8. The first-order valence-corrected chi connectivity index (χ1v) is 11.3. The Bertz CT molecular complexity index is 1710. The van der Waals surface area contributed by atoms with Gasteiger partial charge in [0.05, 0.1) is 22.2 Å². The third kappa shape index (κ3) is 4.24.